The van der Waals surface area contributed by atoms with E-state index >= 15 is 0 Å². The van der Waals surface area contributed by atoms with Gasteiger partial charge in [0, 0.05) is 12.5 Å². The third kappa shape index (κ3) is 4.73. The molecule has 1 aromatic rings. The van der Waals surface area contributed by atoms with Gasteiger partial charge in [-0.3, -0.25) is 4.72 Å². The summed E-state index contributed by atoms with van der Waals surface area (Å²) in [6, 6.07) is 1.26. The van der Waals surface area contributed by atoms with Crippen molar-refractivity contribution in [1.29, 1.82) is 0 Å². The van der Waals surface area contributed by atoms with Crippen LogP contribution in [0.5, 0.6) is 0 Å². The molecule has 0 amide bonds. The molecule has 10 heteroatoms. The Labute approximate surface area is 97.8 Å². The predicted octanol–water partition coefficient (Wildman–Crippen LogP) is -0.126. The van der Waals surface area contributed by atoms with E-state index in [1.807, 2.05) is 4.72 Å². The zero-order valence-electron chi connectivity index (χ0n) is 8.08. The van der Waals surface area contributed by atoms with Crippen molar-refractivity contribution in [2.45, 2.75) is 0 Å². The van der Waals surface area contributed by atoms with Crippen molar-refractivity contribution < 1.29 is 16.8 Å². The Morgan fingerprint density at radius 2 is 2.00 bits per heavy atom. The second-order valence-corrected chi connectivity index (χ2v) is 7.54. The number of nitrogens with one attached hydrogen (secondary N) is 1. The molecule has 0 saturated heterocycles. The lowest BCUT2D eigenvalue weighted by molar-refractivity contribution is 0.595. The number of hydrogen-bond acceptors (Lipinski definition) is 6. The number of aromatic nitrogens is 2. The summed E-state index contributed by atoms with van der Waals surface area (Å²) < 4.78 is 46.3. The van der Waals surface area contributed by atoms with Crippen LogP contribution < -0.4 is 4.72 Å². The highest BCUT2D eigenvalue weighted by molar-refractivity contribution is 8.08. The van der Waals surface area contributed by atoms with E-state index in [0.717, 1.165) is 6.26 Å². The molecule has 0 bridgehead atoms. The topological polar surface area (TPSA) is 106 Å². The van der Waals surface area contributed by atoms with Crippen molar-refractivity contribution in [2.75, 3.05) is 16.1 Å². The second kappa shape index (κ2) is 4.52. The van der Waals surface area contributed by atoms with E-state index in [0.29, 0.717) is 0 Å². The SMILES string of the molecule is CS(=O)(=O)CS(=O)(=O)Nc1ccnc(Cl)n1. The first-order valence-electron chi connectivity index (χ1n) is 3.85. The molecule has 0 spiro atoms. The van der Waals surface area contributed by atoms with Gasteiger partial charge >= 0.3 is 0 Å². The summed E-state index contributed by atoms with van der Waals surface area (Å²) in [7, 11) is -7.63. The van der Waals surface area contributed by atoms with Gasteiger partial charge in [-0.05, 0) is 17.7 Å². The van der Waals surface area contributed by atoms with Crippen LogP contribution in [0.3, 0.4) is 0 Å². The lowest BCUT2D eigenvalue weighted by atomic mass is 10.6. The number of halogens is 1. The maximum absolute atomic E-state index is 11.3. The van der Waals surface area contributed by atoms with Crippen molar-refractivity contribution in [3.8, 4) is 0 Å². The summed E-state index contributed by atoms with van der Waals surface area (Å²) in [5.41, 5.74) is 0. The van der Waals surface area contributed by atoms with Gasteiger partial charge in [-0.1, -0.05) is 0 Å². The van der Waals surface area contributed by atoms with Crippen molar-refractivity contribution in [3.63, 3.8) is 0 Å². The largest absolute Gasteiger partial charge is 0.266 e. The minimum absolute atomic E-state index is 0.0800. The summed E-state index contributed by atoms with van der Waals surface area (Å²) >= 11 is 5.43. The molecule has 0 fully saturated rings. The van der Waals surface area contributed by atoms with Gasteiger partial charge in [-0.15, -0.1) is 0 Å². The van der Waals surface area contributed by atoms with E-state index in [1.54, 1.807) is 0 Å². The highest BCUT2D eigenvalue weighted by Gasteiger charge is 2.18. The van der Waals surface area contributed by atoms with Crippen LogP contribution in [0.4, 0.5) is 5.82 Å². The Balaban J connectivity index is 2.90. The molecule has 0 aliphatic rings. The number of rotatable bonds is 4. The average molecular weight is 286 g/mol. The Hall–Kier alpha value is -0.930. The van der Waals surface area contributed by atoms with Crippen molar-refractivity contribution in [3.05, 3.63) is 17.5 Å². The maximum Gasteiger partial charge on any atom is 0.248 e. The fourth-order valence-corrected chi connectivity index (χ4v) is 3.93. The van der Waals surface area contributed by atoms with Crippen LogP contribution in [0.2, 0.25) is 5.28 Å². The maximum atomic E-state index is 11.3. The van der Waals surface area contributed by atoms with Gasteiger partial charge in [0.25, 0.3) is 0 Å². The summed E-state index contributed by atoms with van der Waals surface area (Å²) in [5.74, 6) is -0.0800. The first kappa shape index (κ1) is 13.1. The van der Waals surface area contributed by atoms with Gasteiger partial charge in [-0.25, -0.2) is 21.8 Å². The number of sulfonamides is 1. The van der Waals surface area contributed by atoms with Crippen molar-refractivity contribution in [1.82, 2.24) is 9.97 Å². The van der Waals surface area contributed by atoms with Crippen LogP contribution >= 0.6 is 11.6 Å². The van der Waals surface area contributed by atoms with Crippen LogP contribution in [0, 0.1) is 0 Å². The fourth-order valence-electron chi connectivity index (χ4n) is 0.862. The van der Waals surface area contributed by atoms with E-state index in [1.165, 1.54) is 12.3 Å². The quantitative estimate of drug-likeness (QED) is 0.773. The Kier molecular flexibility index (Phi) is 3.71. The molecule has 90 valence electrons. The summed E-state index contributed by atoms with van der Waals surface area (Å²) in [5, 5.41) is -1.15. The molecular weight excluding hydrogens is 278 g/mol. The lowest BCUT2D eigenvalue weighted by Crippen LogP contribution is -2.22. The summed E-state index contributed by atoms with van der Waals surface area (Å²) in [6.07, 6.45) is 2.06. The molecule has 0 aromatic carbocycles. The smallest absolute Gasteiger partial charge is 0.248 e. The zero-order valence-corrected chi connectivity index (χ0v) is 10.5. The summed E-state index contributed by atoms with van der Waals surface area (Å²) in [4.78, 5) is 7.10. The third-order valence-corrected chi connectivity index (χ3v) is 4.91. The first-order valence-corrected chi connectivity index (χ1v) is 7.94. The minimum atomic E-state index is -4.00. The van der Waals surface area contributed by atoms with Crippen molar-refractivity contribution >= 4 is 37.3 Å². The normalized spacial score (nSPS) is 12.4. The van der Waals surface area contributed by atoms with E-state index in [9.17, 15) is 16.8 Å². The third-order valence-electron chi connectivity index (χ3n) is 1.26. The first-order chi connectivity index (χ1) is 7.18. The Morgan fingerprint density at radius 3 is 2.50 bits per heavy atom. The zero-order chi connectivity index (χ0) is 12.4. The van der Waals surface area contributed by atoms with Crippen LogP contribution in [0.25, 0.3) is 0 Å². The number of nitrogens with zero attached hydrogens (tertiary/aromatic N) is 2. The van der Waals surface area contributed by atoms with E-state index in [2.05, 4.69) is 9.97 Å². The van der Waals surface area contributed by atoms with Gasteiger partial charge in [-0.2, -0.15) is 4.98 Å². The second-order valence-electron chi connectivity index (χ2n) is 2.97. The molecule has 0 unspecified atom stereocenters. The van der Waals surface area contributed by atoms with E-state index < -0.39 is 24.9 Å². The van der Waals surface area contributed by atoms with Gasteiger partial charge in [0.2, 0.25) is 15.3 Å². The molecule has 1 heterocycles. The van der Waals surface area contributed by atoms with E-state index in [4.69, 9.17) is 11.6 Å². The molecule has 7 nitrogen and oxygen atoms in total. The fraction of sp³-hybridized carbons (Fsp3) is 0.333. The molecule has 1 rings (SSSR count). The van der Waals surface area contributed by atoms with Crippen LogP contribution in [0.1, 0.15) is 0 Å². The molecule has 0 radical (unpaired) electrons. The van der Waals surface area contributed by atoms with E-state index in [-0.39, 0.29) is 11.1 Å². The lowest BCUT2D eigenvalue weighted by Gasteiger charge is -2.05. The average Bonchev–Trinajstić information content (AvgIpc) is 1.96. The molecule has 16 heavy (non-hydrogen) atoms. The van der Waals surface area contributed by atoms with Crippen LogP contribution in [-0.4, -0.2) is 38.1 Å². The summed E-state index contributed by atoms with van der Waals surface area (Å²) in [6.45, 7) is 0. The molecular formula is C6H8ClN3O4S2. The van der Waals surface area contributed by atoms with Gasteiger partial charge in [0.15, 0.2) is 14.9 Å². The van der Waals surface area contributed by atoms with Gasteiger partial charge in [0.05, 0.1) is 0 Å². The van der Waals surface area contributed by atoms with Crippen molar-refractivity contribution in [2.24, 2.45) is 0 Å². The highest BCUT2D eigenvalue weighted by atomic mass is 35.5. The molecule has 0 saturated carbocycles. The highest BCUT2D eigenvalue weighted by Crippen LogP contribution is 2.08. The number of anilines is 1. The molecule has 1 N–H and O–H groups in total. The molecule has 0 aliphatic carbocycles. The number of sulfone groups is 1. The molecule has 0 atom stereocenters. The molecule has 1 aromatic heterocycles. The standard InChI is InChI=1S/C6H8ClN3O4S2/c1-15(11,12)4-16(13,14)10-5-2-3-8-6(7)9-5/h2-3H,4H2,1H3,(H,8,9,10). The van der Waals surface area contributed by atoms with Crippen LogP contribution in [0.15, 0.2) is 12.3 Å². The number of hydrogen-bond donors (Lipinski definition) is 1. The minimum Gasteiger partial charge on any atom is -0.266 e. The molecule has 0 aliphatic heterocycles. The van der Waals surface area contributed by atoms with Gasteiger partial charge in [0.1, 0.15) is 5.82 Å². The Bertz CT molecular complexity index is 584. The van der Waals surface area contributed by atoms with Gasteiger partial charge < -0.3 is 0 Å². The van der Waals surface area contributed by atoms with Crippen LogP contribution in [-0.2, 0) is 19.9 Å². The monoisotopic (exact) mass is 285 g/mol. The predicted molar refractivity (Wildman–Crippen MR) is 59.3 cm³/mol. The Morgan fingerprint density at radius 1 is 1.38 bits per heavy atom.